The summed E-state index contributed by atoms with van der Waals surface area (Å²) in [5.74, 6) is 1.16. The van der Waals surface area contributed by atoms with Crippen LogP contribution in [0.25, 0.3) is 0 Å². The summed E-state index contributed by atoms with van der Waals surface area (Å²) in [6.07, 6.45) is 3.85. The van der Waals surface area contributed by atoms with Crippen molar-refractivity contribution in [3.63, 3.8) is 0 Å². The Hall–Kier alpha value is -1.31. The molecule has 2 aromatic rings. The van der Waals surface area contributed by atoms with E-state index in [1.807, 2.05) is 30.1 Å². The van der Waals surface area contributed by atoms with E-state index in [0.29, 0.717) is 27.6 Å². The first-order chi connectivity index (χ1) is 15.4. The van der Waals surface area contributed by atoms with Gasteiger partial charge in [-0.1, -0.05) is 64.6 Å². The summed E-state index contributed by atoms with van der Waals surface area (Å²) >= 11 is 16.2. The van der Waals surface area contributed by atoms with Crippen molar-refractivity contribution < 1.29 is 4.79 Å². The summed E-state index contributed by atoms with van der Waals surface area (Å²) in [4.78, 5) is 13.3. The van der Waals surface area contributed by atoms with E-state index in [4.69, 9.17) is 28.3 Å². The summed E-state index contributed by atoms with van der Waals surface area (Å²) in [6.45, 7) is 3.91. The molecule has 176 valence electrons. The van der Waals surface area contributed by atoms with Crippen LogP contribution in [-0.4, -0.2) is 29.7 Å². The van der Waals surface area contributed by atoms with Gasteiger partial charge in [0.05, 0.1) is 16.8 Å². The number of anilines is 1. The van der Waals surface area contributed by atoms with E-state index in [0.717, 1.165) is 28.8 Å². The van der Waals surface area contributed by atoms with Gasteiger partial charge in [-0.15, -0.1) is 12.4 Å². The fourth-order valence-corrected chi connectivity index (χ4v) is 6.13. The zero-order valence-electron chi connectivity index (χ0n) is 18.2. The van der Waals surface area contributed by atoms with E-state index in [1.165, 1.54) is 19.3 Å². The van der Waals surface area contributed by atoms with Gasteiger partial charge in [0.2, 0.25) is 0 Å². The molecule has 5 rings (SSSR count). The highest BCUT2D eigenvalue weighted by atomic mass is 79.9. The monoisotopic (exact) mass is 570 g/mol. The normalized spacial score (nSPS) is 26.7. The van der Waals surface area contributed by atoms with Crippen molar-refractivity contribution in [2.75, 3.05) is 18.1 Å². The number of nitrogens with one attached hydrogen (secondary N) is 1. The minimum absolute atomic E-state index is 0. The first kappa shape index (κ1) is 24.8. The van der Waals surface area contributed by atoms with Gasteiger partial charge in [0, 0.05) is 28.5 Å². The number of carbonyl (C=O) groups excluding carboxylic acids is 1. The van der Waals surface area contributed by atoms with E-state index in [2.05, 4.69) is 38.5 Å². The molecule has 2 aliphatic heterocycles. The maximum absolute atomic E-state index is 13.3. The third-order valence-electron chi connectivity index (χ3n) is 6.97. The lowest BCUT2D eigenvalue weighted by atomic mass is 9.91. The molecule has 1 aliphatic carbocycles. The highest BCUT2D eigenvalue weighted by molar-refractivity contribution is 9.10. The molecule has 4 atom stereocenters. The van der Waals surface area contributed by atoms with Crippen molar-refractivity contribution in [1.29, 1.82) is 0 Å². The highest BCUT2D eigenvalue weighted by Gasteiger charge is 2.42. The summed E-state index contributed by atoms with van der Waals surface area (Å²) in [7, 11) is 0. The molecule has 1 N–H and O–H groups in total. The van der Waals surface area contributed by atoms with Gasteiger partial charge in [-0.05, 0) is 60.6 Å². The summed E-state index contributed by atoms with van der Waals surface area (Å²) < 4.78 is 1.00. The number of rotatable bonds is 4. The molecule has 2 heterocycles. The first-order valence-electron chi connectivity index (χ1n) is 11.0. The topological polar surface area (TPSA) is 47.9 Å². The molecule has 2 unspecified atom stereocenters. The molecule has 2 aromatic carbocycles. The third kappa shape index (κ3) is 4.92. The SMILES string of the molecule is C[C@H]1C(C(=O)NN2CC3CCCC3C2)=NN(c2ccc(Cl)cc2Cl)[C@H]1c1ccc(Br)cc1.Cl. The Morgan fingerprint density at radius 3 is 2.39 bits per heavy atom. The maximum atomic E-state index is 13.3. The smallest absolute Gasteiger partial charge is 0.282 e. The first-order valence-corrected chi connectivity index (χ1v) is 12.6. The number of hydrogen-bond acceptors (Lipinski definition) is 4. The lowest BCUT2D eigenvalue weighted by Gasteiger charge is -2.27. The van der Waals surface area contributed by atoms with Crippen LogP contribution in [0.2, 0.25) is 10.0 Å². The zero-order chi connectivity index (χ0) is 22.4. The summed E-state index contributed by atoms with van der Waals surface area (Å²) in [5, 5.41) is 9.81. The van der Waals surface area contributed by atoms with Crippen LogP contribution < -0.4 is 10.4 Å². The second-order valence-electron chi connectivity index (χ2n) is 9.01. The molecule has 0 bridgehead atoms. The molecule has 0 aromatic heterocycles. The quantitative estimate of drug-likeness (QED) is 0.455. The van der Waals surface area contributed by atoms with Crippen molar-refractivity contribution >= 4 is 68.8 Å². The van der Waals surface area contributed by atoms with Crippen LogP contribution in [0.5, 0.6) is 0 Å². The largest absolute Gasteiger partial charge is 0.284 e. The molecule has 5 nitrogen and oxygen atoms in total. The van der Waals surface area contributed by atoms with Gasteiger partial charge in [0.25, 0.3) is 5.91 Å². The maximum Gasteiger partial charge on any atom is 0.282 e. The van der Waals surface area contributed by atoms with Crippen LogP contribution in [0, 0.1) is 17.8 Å². The summed E-state index contributed by atoms with van der Waals surface area (Å²) in [5.41, 5.74) is 5.44. The van der Waals surface area contributed by atoms with Crippen molar-refractivity contribution in [1.82, 2.24) is 10.4 Å². The van der Waals surface area contributed by atoms with Gasteiger partial charge in [-0.3, -0.25) is 15.2 Å². The van der Waals surface area contributed by atoms with Gasteiger partial charge in [-0.2, -0.15) is 5.10 Å². The van der Waals surface area contributed by atoms with Crippen molar-refractivity contribution in [2.24, 2.45) is 22.9 Å². The van der Waals surface area contributed by atoms with Crippen LogP contribution in [0.1, 0.15) is 37.8 Å². The van der Waals surface area contributed by atoms with E-state index >= 15 is 0 Å². The second-order valence-corrected chi connectivity index (χ2v) is 10.8. The van der Waals surface area contributed by atoms with Gasteiger partial charge in [-0.25, -0.2) is 5.01 Å². The molecule has 0 spiro atoms. The van der Waals surface area contributed by atoms with Crippen molar-refractivity contribution in [3.05, 3.63) is 62.5 Å². The Balaban J connectivity index is 0.00000259. The molecular weight excluding hydrogens is 547 g/mol. The molecule has 1 saturated carbocycles. The van der Waals surface area contributed by atoms with Gasteiger partial charge < -0.3 is 0 Å². The minimum Gasteiger partial charge on any atom is -0.284 e. The van der Waals surface area contributed by atoms with Gasteiger partial charge >= 0.3 is 0 Å². The Morgan fingerprint density at radius 1 is 1.09 bits per heavy atom. The fraction of sp³-hybridized carbons (Fsp3) is 0.417. The van der Waals surface area contributed by atoms with Crippen molar-refractivity contribution in [3.8, 4) is 0 Å². The average Bonchev–Trinajstić information content (AvgIpc) is 3.42. The standard InChI is InChI=1S/C24H25BrCl2N4O.ClH/c1-14-22(24(32)29-30-12-16-3-2-4-17(16)13-30)28-31(21-10-9-19(26)11-20(21)27)23(14)15-5-7-18(25)8-6-15;/h5-11,14,16-17,23H,2-4,12-13H2,1H3,(H,29,32);1H/t14-,16?,17?,23+;/m0./s1. The van der Waals surface area contributed by atoms with E-state index in [9.17, 15) is 4.79 Å². The van der Waals surface area contributed by atoms with Gasteiger partial charge in [0.15, 0.2) is 0 Å². The Morgan fingerprint density at radius 2 is 1.76 bits per heavy atom. The Labute approximate surface area is 219 Å². The van der Waals surface area contributed by atoms with Gasteiger partial charge in [0.1, 0.15) is 5.71 Å². The van der Waals surface area contributed by atoms with Crippen LogP contribution in [0.4, 0.5) is 5.69 Å². The third-order valence-corrected chi connectivity index (χ3v) is 8.04. The number of amides is 1. The molecule has 9 heteroatoms. The number of fused-ring (bicyclic) bond motifs is 1. The van der Waals surface area contributed by atoms with Crippen molar-refractivity contribution in [2.45, 2.75) is 32.2 Å². The van der Waals surface area contributed by atoms with Crippen LogP contribution in [0.15, 0.2) is 52.0 Å². The number of hydrogen-bond donors (Lipinski definition) is 1. The van der Waals surface area contributed by atoms with Crippen LogP contribution >= 0.6 is 51.5 Å². The number of nitrogens with zero attached hydrogens (tertiary/aromatic N) is 3. The van der Waals surface area contributed by atoms with Crippen LogP contribution in [-0.2, 0) is 4.79 Å². The lowest BCUT2D eigenvalue weighted by Crippen LogP contribution is -2.45. The molecular formula is C24H26BrCl3N4O. The number of halogens is 4. The number of carbonyl (C=O) groups is 1. The van der Waals surface area contributed by atoms with E-state index in [1.54, 1.807) is 12.1 Å². The highest BCUT2D eigenvalue weighted by Crippen LogP contribution is 2.43. The number of benzene rings is 2. The fourth-order valence-electron chi connectivity index (χ4n) is 5.37. The van der Waals surface area contributed by atoms with Crippen LogP contribution in [0.3, 0.4) is 0 Å². The minimum atomic E-state index is -0.152. The van der Waals surface area contributed by atoms with E-state index < -0.39 is 0 Å². The summed E-state index contributed by atoms with van der Waals surface area (Å²) in [6, 6.07) is 13.3. The molecule has 2 fully saturated rings. The van der Waals surface area contributed by atoms with E-state index in [-0.39, 0.29) is 30.3 Å². The molecule has 1 amide bonds. The molecule has 3 aliphatic rings. The average molecular weight is 573 g/mol. The molecule has 1 saturated heterocycles. The number of hydrazine groups is 1. The lowest BCUT2D eigenvalue weighted by molar-refractivity contribution is -0.119. The predicted molar refractivity (Wildman–Crippen MR) is 140 cm³/mol. The molecule has 33 heavy (non-hydrogen) atoms. The molecule has 0 radical (unpaired) electrons. The zero-order valence-corrected chi connectivity index (χ0v) is 22.1. The Kier molecular flexibility index (Phi) is 7.61. The predicted octanol–water partition coefficient (Wildman–Crippen LogP) is 6.49. The second kappa shape index (κ2) is 10.1. The Bertz CT molecular complexity index is 1050. The number of hydrazone groups is 1.